The summed E-state index contributed by atoms with van der Waals surface area (Å²) in [5.74, 6) is 1.95. The molecule has 0 saturated heterocycles. The number of aromatic nitrogens is 6. The zero-order valence-electron chi connectivity index (χ0n) is 13.6. The summed E-state index contributed by atoms with van der Waals surface area (Å²) < 4.78 is 11.9. The first kappa shape index (κ1) is 16.3. The average molecular weight is 328 g/mol. The zero-order chi connectivity index (χ0) is 16.6. The third-order valence-electron chi connectivity index (χ3n) is 3.64. The maximum absolute atomic E-state index is 5.23. The van der Waals surface area contributed by atoms with Crippen LogP contribution in [0.4, 0.5) is 0 Å². The molecule has 0 aliphatic heterocycles. The second kappa shape index (κ2) is 8.30. The molecular weight excluding hydrogens is 308 g/mol. The normalized spacial score (nSPS) is 11.0. The summed E-state index contributed by atoms with van der Waals surface area (Å²) in [5.41, 5.74) is 1.32. The number of benzene rings is 1. The van der Waals surface area contributed by atoms with E-state index in [0.29, 0.717) is 31.3 Å². The van der Waals surface area contributed by atoms with Crippen molar-refractivity contribution in [2.24, 2.45) is 0 Å². The van der Waals surface area contributed by atoms with Crippen LogP contribution in [0.1, 0.15) is 29.5 Å². The van der Waals surface area contributed by atoms with Crippen LogP contribution in [0.15, 0.2) is 34.9 Å². The van der Waals surface area contributed by atoms with Crippen molar-refractivity contribution in [2.45, 2.75) is 32.2 Å². The highest BCUT2D eigenvalue weighted by molar-refractivity contribution is 5.14. The molecule has 0 radical (unpaired) electrons. The summed E-state index contributed by atoms with van der Waals surface area (Å²) in [6.07, 6.45) is 3.40. The number of methoxy groups -OCH3 is 1. The summed E-state index contributed by atoms with van der Waals surface area (Å²) in [4.78, 5) is 4.32. The third-order valence-corrected chi connectivity index (χ3v) is 3.64. The van der Waals surface area contributed by atoms with Gasteiger partial charge in [-0.3, -0.25) is 0 Å². The van der Waals surface area contributed by atoms with Crippen molar-refractivity contribution in [1.29, 1.82) is 0 Å². The zero-order valence-corrected chi connectivity index (χ0v) is 13.6. The number of nitrogens with zero attached hydrogens (tertiary/aromatic N) is 6. The van der Waals surface area contributed by atoms with E-state index < -0.39 is 0 Å². The van der Waals surface area contributed by atoms with Crippen molar-refractivity contribution in [3.05, 3.63) is 53.4 Å². The van der Waals surface area contributed by atoms with Gasteiger partial charge in [0.1, 0.15) is 6.54 Å². The summed E-state index contributed by atoms with van der Waals surface area (Å²) in [6.45, 7) is 0.947. The minimum Gasteiger partial charge on any atom is -0.384 e. The monoisotopic (exact) mass is 328 g/mol. The second-order valence-corrected chi connectivity index (χ2v) is 5.44. The second-order valence-electron chi connectivity index (χ2n) is 5.44. The maximum atomic E-state index is 5.23. The van der Waals surface area contributed by atoms with E-state index in [0.717, 1.165) is 25.1 Å². The molecule has 2 aromatic heterocycles. The van der Waals surface area contributed by atoms with Crippen molar-refractivity contribution in [2.75, 3.05) is 13.7 Å². The molecule has 0 fully saturated rings. The fourth-order valence-electron chi connectivity index (χ4n) is 2.40. The Morgan fingerprint density at radius 1 is 1.12 bits per heavy atom. The Morgan fingerprint density at radius 2 is 2.00 bits per heavy atom. The maximum Gasteiger partial charge on any atom is 0.248 e. The highest BCUT2D eigenvalue weighted by Crippen LogP contribution is 2.07. The molecule has 3 aromatic rings. The fraction of sp³-hybridized carbons (Fsp3) is 0.438. The van der Waals surface area contributed by atoms with E-state index in [4.69, 9.17) is 9.26 Å². The van der Waals surface area contributed by atoms with E-state index in [9.17, 15) is 0 Å². The van der Waals surface area contributed by atoms with Crippen LogP contribution in [0.3, 0.4) is 0 Å². The van der Waals surface area contributed by atoms with Gasteiger partial charge >= 0.3 is 0 Å². The van der Waals surface area contributed by atoms with Gasteiger partial charge in [0, 0.05) is 20.0 Å². The molecule has 0 unspecified atom stereocenters. The van der Waals surface area contributed by atoms with Crippen molar-refractivity contribution in [3.8, 4) is 0 Å². The van der Waals surface area contributed by atoms with E-state index in [2.05, 4.69) is 49.9 Å². The Morgan fingerprint density at radius 3 is 2.83 bits per heavy atom. The smallest absolute Gasteiger partial charge is 0.248 e. The molecule has 8 nitrogen and oxygen atoms in total. The lowest BCUT2D eigenvalue weighted by Gasteiger charge is -2.02. The largest absolute Gasteiger partial charge is 0.384 e. The molecule has 24 heavy (non-hydrogen) atoms. The van der Waals surface area contributed by atoms with Crippen molar-refractivity contribution < 1.29 is 9.26 Å². The van der Waals surface area contributed by atoms with Crippen molar-refractivity contribution >= 4 is 0 Å². The van der Waals surface area contributed by atoms with Crippen LogP contribution in [-0.2, 0) is 30.5 Å². The number of tetrazole rings is 1. The van der Waals surface area contributed by atoms with Crippen LogP contribution >= 0.6 is 0 Å². The molecule has 2 heterocycles. The predicted molar refractivity (Wildman–Crippen MR) is 85.3 cm³/mol. The average Bonchev–Trinajstić information content (AvgIpc) is 3.24. The highest BCUT2D eigenvalue weighted by atomic mass is 16.5. The fourth-order valence-corrected chi connectivity index (χ4v) is 2.40. The number of hydrogen-bond acceptors (Lipinski definition) is 7. The lowest BCUT2D eigenvalue weighted by molar-refractivity contribution is 0.199. The van der Waals surface area contributed by atoms with E-state index in [-0.39, 0.29) is 0 Å². The summed E-state index contributed by atoms with van der Waals surface area (Å²) in [7, 11) is 1.64. The lowest BCUT2D eigenvalue weighted by atomic mass is 10.1. The molecule has 126 valence electrons. The quantitative estimate of drug-likeness (QED) is 0.587. The summed E-state index contributed by atoms with van der Waals surface area (Å²) in [6, 6.07) is 10.4. The van der Waals surface area contributed by atoms with Gasteiger partial charge in [-0.1, -0.05) is 35.5 Å². The molecule has 0 aliphatic carbocycles. The predicted octanol–water partition coefficient (Wildman–Crippen LogP) is 1.47. The lowest BCUT2D eigenvalue weighted by Crippen LogP contribution is -2.08. The Bertz CT molecular complexity index is 740. The number of ether oxygens (including phenoxy) is 1. The number of hydrogen-bond donors (Lipinski definition) is 0. The van der Waals surface area contributed by atoms with E-state index in [1.807, 2.05) is 6.07 Å². The molecule has 3 rings (SSSR count). The van der Waals surface area contributed by atoms with Gasteiger partial charge in [-0.2, -0.15) is 4.98 Å². The minimum atomic E-state index is 0.383. The van der Waals surface area contributed by atoms with Crippen LogP contribution in [0, 0.1) is 0 Å². The molecule has 0 saturated carbocycles. The van der Waals surface area contributed by atoms with Crippen molar-refractivity contribution in [3.63, 3.8) is 0 Å². The molecule has 0 amide bonds. The molecule has 0 N–H and O–H groups in total. The van der Waals surface area contributed by atoms with Crippen LogP contribution in [-0.4, -0.2) is 44.1 Å². The van der Waals surface area contributed by atoms with Gasteiger partial charge in [-0.25, -0.2) is 4.68 Å². The van der Waals surface area contributed by atoms with Crippen LogP contribution in [0.25, 0.3) is 0 Å². The van der Waals surface area contributed by atoms with E-state index in [1.54, 1.807) is 11.8 Å². The molecule has 0 spiro atoms. The first-order chi connectivity index (χ1) is 11.8. The standard InChI is InChI=1S/C16H20N6O2/c1-23-11-10-14-17-16(24-19-14)12-22-15(18-20-21-22)9-5-8-13-6-3-2-4-7-13/h2-4,6-7H,5,8-12H2,1H3. The highest BCUT2D eigenvalue weighted by Gasteiger charge is 2.12. The van der Waals surface area contributed by atoms with Gasteiger partial charge in [0.2, 0.25) is 5.89 Å². The Kier molecular flexibility index (Phi) is 5.62. The molecule has 0 bridgehead atoms. The van der Waals surface area contributed by atoms with Crippen molar-refractivity contribution in [1.82, 2.24) is 30.3 Å². The minimum absolute atomic E-state index is 0.383. The van der Waals surface area contributed by atoms with Gasteiger partial charge in [0.05, 0.1) is 6.61 Å². The molecule has 0 atom stereocenters. The number of aryl methyl sites for hydroxylation is 2. The molecule has 8 heteroatoms. The third kappa shape index (κ3) is 4.45. The van der Waals surface area contributed by atoms with Gasteiger partial charge in [0.15, 0.2) is 11.6 Å². The van der Waals surface area contributed by atoms with Gasteiger partial charge in [-0.15, -0.1) is 5.10 Å². The molecular formula is C16H20N6O2. The Balaban J connectivity index is 1.54. The van der Waals surface area contributed by atoms with Crippen LogP contribution in [0.5, 0.6) is 0 Å². The van der Waals surface area contributed by atoms with Crippen LogP contribution in [0.2, 0.25) is 0 Å². The first-order valence-corrected chi connectivity index (χ1v) is 7.94. The van der Waals surface area contributed by atoms with E-state index >= 15 is 0 Å². The summed E-state index contributed by atoms with van der Waals surface area (Å²) >= 11 is 0. The Hall–Kier alpha value is -2.61. The summed E-state index contributed by atoms with van der Waals surface area (Å²) in [5, 5.41) is 15.8. The van der Waals surface area contributed by atoms with Gasteiger partial charge in [-0.05, 0) is 28.8 Å². The Labute approximate surface area is 139 Å². The topological polar surface area (TPSA) is 91.8 Å². The van der Waals surface area contributed by atoms with Crippen LogP contribution < -0.4 is 0 Å². The molecule has 0 aliphatic rings. The first-order valence-electron chi connectivity index (χ1n) is 7.94. The molecule has 1 aromatic carbocycles. The number of rotatable bonds is 9. The van der Waals surface area contributed by atoms with Gasteiger partial charge < -0.3 is 9.26 Å². The van der Waals surface area contributed by atoms with Gasteiger partial charge in [0.25, 0.3) is 0 Å². The SMILES string of the molecule is COCCc1noc(Cn2nnnc2CCCc2ccccc2)n1. The van der Waals surface area contributed by atoms with E-state index in [1.165, 1.54) is 5.56 Å².